The molecular weight excluding hydrogens is 312 g/mol. The number of fused-ring (bicyclic) bond motifs is 4. The Morgan fingerprint density at radius 2 is 2.00 bits per heavy atom. The van der Waals surface area contributed by atoms with E-state index in [0.717, 1.165) is 45.6 Å². The van der Waals surface area contributed by atoms with Crippen molar-refractivity contribution in [1.29, 1.82) is 0 Å². The molecule has 3 aliphatic heterocycles. The first-order chi connectivity index (χ1) is 12.3. The van der Waals surface area contributed by atoms with Gasteiger partial charge in [0.1, 0.15) is 11.5 Å². The van der Waals surface area contributed by atoms with Crippen LogP contribution < -0.4 is 5.32 Å². The van der Waals surface area contributed by atoms with Gasteiger partial charge in [0.2, 0.25) is 0 Å². The van der Waals surface area contributed by atoms with Crippen LogP contribution in [0.1, 0.15) is 29.8 Å². The minimum absolute atomic E-state index is 0.0147. The van der Waals surface area contributed by atoms with E-state index in [0.29, 0.717) is 0 Å². The number of nitrogens with one attached hydrogen (secondary N) is 2. The Kier molecular flexibility index (Phi) is 3.35. The number of aromatic amines is 1. The van der Waals surface area contributed by atoms with Crippen LogP contribution in [0.25, 0.3) is 0 Å². The molecule has 1 aromatic carbocycles. The number of H-pyrrole nitrogens is 1. The summed E-state index contributed by atoms with van der Waals surface area (Å²) in [6.45, 7) is 7.11. The predicted octanol–water partition coefficient (Wildman–Crippen LogP) is 2.20. The first-order valence-electron chi connectivity index (χ1n) is 9.16. The normalized spacial score (nSPS) is 21.6. The summed E-state index contributed by atoms with van der Waals surface area (Å²) in [5, 5.41) is 3.87. The van der Waals surface area contributed by atoms with Crippen LogP contribution in [-0.2, 0) is 6.54 Å². The molecule has 1 aromatic heterocycles. The molecule has 4 heterocycles. The highest BCUT2D eigenvalue weighted by Crippen LogP contribution is 2.39. The summed E-state index contributed by atoms with van der Waals surface area (Å²) in [5.74, 6) is 1.19. The standard InChI is InChI=1S/C19H24N6/c1-14-17(22-13-21-14)12-24-9-6-19(7-10-24)23-16-5-3-2-4-15(16)18-20-8-11-25(18)19/h2-5,13,23H,6-12H2,1H3,(H,21,22). The van der Waals surface area contributed by atoms with Crippen molar-refractivity contribution in [2.75, 3.05) is 31.5 Å². The fourth-order valence-corrected chi connectivity index (χ4v) is 4.43. The van der Waals surface area contributed by atoms with Crippen LogP contribution in [-0.4, -0.2) is 57.4 Å². The zero-order valence-electron chi connectivity index (χ0n) is 14.6. The lowest BCUT2D eigenvalue weighted by Gasteiger charge is -2.52. The van der Waals surface area contributed by atoms with Crippen molar-refractivity contribution in [1.82, 2.24) is 19.8 Å². The van der Waals surface area contributed by atoms with Crippen molar-refractivity contribution < 1.29 is 0 Å². The fourth-order valence-electron chi connectivity index (χ4n) is 4.43. The Hall–Kier alpha value is -2.34. The zero-order valence-corrected chi connectivity index (χ0v) is 14.6. The van der Waals surface area contributed by atoms with Crippen molar-refractivity contribution in [2.24, 2.45) is 4.99 Å². The third kappa shape index (κ3) is 2.35. The van der Waals surface area contributed by atoms with Gasteiger partial charge in [-0.05, 0) is 19.1 Å². The molecule has 0 aliphatic carbocycles. The maximum atomic E-state index is 4.81. The Morgan fingerprint density at radius 3 is 2.80 bits per heavy atom. The molecule has 25 heavy (non-hydrogen) atoms. The van der Waals surface area contributed by atoms with Gasteiger partial charge in [-0.15, -0.1) is 0 Å². The van der Waals surface area contributed by atoms with Gasteiger partial charge in [0, 0.05) is 56.0 Å². The molecule has 0 amide bonds. The van der Waals surface area contributed by atoms with E-state index in [2.05, 4.69) is 56.3 Å². The molecular formula is C19H24N6. The first kappa shape index (κ1) is 15.0. The van der Waals surface area contributed by atoms with Crippen molar-refractivity contribution in [3.05, 3.63) is 47.5 Å². The maximum absolute atomic E-state index is 4.81. The van der Waals surface area contributed by atoms with Gasteiger partial charge >= 0.3 is 0 Å². The number of hydrogen-bond donors (Lipinski definition) is 2. The highest BCUT2D eigenvalue weighted by Gasteiger charge is 2.46. The average molecular weight is 336 g/mol. The monoisotopic (exact) mass is 336 g/mol. The van der Waals surface area contributed by atoms with Crippen LogP contribution in [0.4, 0.5) is 5.69 Å². The number of aromatic nitrogens is 2. The van der Waals surface area contributed by atoms with E-state index < -0.39 is 0 Å². The lowest BCUT2D eigenvalue weighted by Crippen LogP contribution is -2.63. The van der Waals surface area contributed by atoms with Crippen LogP contribution in [0.2, 0.25) is 0 Å². The number of amidine groups is 1. The summed E-state index contributed by atoms with van der Waals surface area (Å²) in [6.07, 6.45) is 4.00. The fraction of sp³-hybridized carbons (Fsp3) is 0.474. The van der Waals surface area contributed by atoms with Gasteiger partial charge in [0.05, 0.1) is 18.6 Å². The van der Waals surface area contributed by atoms with Crippen molar-refractivity contribution in [3.8, 4) is 0 Å². The molecule has 0 atom stereocenters. The van der Waals surface area contributed by atoms with E-state index >= 15 is 0 Å². The van der Waals surface area contributed by atoms with Crippen LogP contribution >= 0.6 is 0 Å². The summed E-state index contributed by atoms with van der Waals surface area (Å²) >= 11 is 0. The smallest absolute Gasteiger partial charge is 0.134 e. The molecule has 1 saturated heterocycles. The van der Waals surface area contributed by atoms with Crippen LogP contribution in [0, 0.1) is 6.92 Å². The summed E-state index contributed by atoms with van der Waals surface area (Å²) in [5.41, 5.74) is 4.84. The van der Waals surface area contributed by atoms with Crippen molar-refractivity contribution >= 4 is 11.5 Å². The van der Waals surface area contributed by atoms with Crippen LogP contribution in [0.3, 0.4) is 0 Å². The molecule has 0 radical (unpaired) electrons. The number of benzene rings is 1. The Balaban J connectivity index is 1.37. The number of para-hydroxylation sites is 1. The molecule has 3 aliphatic rings. The quantitative estimate of drug-likeness (QED) is 0.883. The molecule has 6 heteroatoms. The lowest BCUT2D eigenvalue weighted by atomic mass is 9.90. The topological polar surface area (TPSA) is 59.6 Å². The number of aryl methyl sites for hydroxylation is 1. The van der Waals surface area contributed by atoms with E-state index in [1.54, 1.807) is 6.33 Å². The molecule has 6 nitrogen and oxygen atoms in total. The third-order valence-electron chi connectivity index (χ3n) is 5.88. The van der Waals surface area contributed by atoms with E-state index in [9.17, 15) is 0 Å². The number of piperidine rings is 1. The first-order valence-corrected chi connectivity index (χ1v) is 9.16. The minimum atomic E-state index is 0.0147. The second-order valence-corrected chi connectivity index (χ2v) is 7.31. The SMILES string of the molecule is Cc1[nH]cnc1CN1CCC2(CC1)Nc1ccccc1C1=NCCN12. The zero-order chi connectivity index (χ0) is 16.9. The molecule has 0 saturated carbocycles. The van der Waals surface area contributed by atoms with E-state index in [1.807, 2.05) is 0 Å². The van der Waals surface area contributed by atoms with Crippen LogP contribution in [0.15, 0.2) is 35.6 Å². The molecule has 5 rings (SSSR count). The Bertz CT molecular complexity index is 815. The summed E-state index contributed by atoms with van der Waals surface area (Å²) in [7, 11) is 0. The van der Waals surface area contributed by atoms with Gasteiger partial charge in [-0.3, -0.25) is 9.89 Å². The van der Waals surface area contributed by atoms with Crippen molar-refractivity contribution in [3.63, 3.8) is 0 Å². The molecule has 2 N–H and O–H groups in total. The summed E-state index contributed by atoms with van der Waals surface area (Å²) in [6, 6.07) is 8.59. The summed E-state index contributed by atoms with van der Waals surface area (Å²) < 4.78 is 0. The highest BCUT2D eigenvalue weighted by atomic mass is 15.4. The van der Waals surface area contributed by atoms with Gasteiger partial charge in [-0.2, -0.15) is 0 Å². The second-order valence-electron chi connectivity index (χ2n) is 7.31. The Morgan fingerprint density at radius 1 is 1.16 bits per heavy atom. The number of hydrogen-bond acceptors (Lipinski definition) is 5. The van der Waals surface area contributed by atoms with Gasteiger partial charge in [0.25, 0.3) is 0 Å². The van der Waals surface area contributed by atoms with Crippen molar-refractivity contribution in [2.45, 2.75) is 32.0 Å². The predicted molar refractivity (Wildman–Crippen MR) is 98.7 cm³/mol. The largest absolute Gasteiger partial charge is 0.362 e. The molecule has 130 valence electrons. The second kappa shape index (κ2) is 5.59. The molecule has 0 unspecified atom stereocenters. The molecule has 2 aromatic rings. The van der Waals surface area contributed by atoms with Gasteiger partial charge in [-0.25, -0.2) is 4.98 Å². The number of nitrogens with zero attached hydrogens (tertiary/aromatic N) is 4. The van der Waals surface area contributed by atoms with E-state index in [4.69, 9.17) is 4.99 Å². The molecule has 1 fully saturated rings. The number of imidazole rings is 1. The van der Waals surface area contributed by atoms with Gasteiger partial charge in [0.15, 0.2) is 0 Å². The molecule has 0 bridgehead atoms. The maximum Gasteiger partial charge on any atom is 0.134 e. The average Bonchev–Trinajstić information content (AvgIpc) is 3.28. The number of anilines is 1. The summed E-state index contributed by atoms with van der Waals surface area (Å²) in [4.78, 5) is 17.5. The van der Waals surface area contributed by atoms with Gasteiger partial charge < -0.3 is 15.2 Å². The molecule has 1 spiro atoms. The lowest BCUT2D eigenvalue weighted by molar-refractivity contribution is 0.0888. The number of rotatable bonds is 2. The number of aliphatic imine (C=N–C) groups is 1. The van der Waals surface area contributed by atoms with Gasteiger partial charge in [-0.1, -0.05) is 12.1 Å². The van der Waals surface area contributed by atoms with E-state index in [1.165, 1.54) is 28.5 Å². The van der Waals surface area contributed by atoms with Crippen LogP contribution in [0.5, 0.6) is 0 Å². The third-order valence-corrected chi connectivity index (χ3v) is 5.88. The minimum Gasteiger partial charge on any atom is -0.362 e. The number of likely N-dealkylation sites (tertiary alicyclic amines) is 1. The van der Waals surface area contributed by atoms with E-state index in [-0.39, 0.29) is 5.66 Å². The Labute approximate surface area is 148 Å². The highest BCUT2D eigenvalue weighted by molar-refractivity contribution is 6.06.